The van der Waals surface area contributed by atoms with Gasteiger partial charge in [-0.15, -0.1) is 0 Å². The van der Waals surface area contributed by atoms with Crippen molar-refractivity contribution in [2.24, 2.45) is 0 Å². The number of benzene rings is 3. The van der Waals surface area contributed by atoms with Crippen molar-refractivity contribution in [3.8, 4) is 0 Å². The molecule has 188 valence electrons. The summed E-state index contributed by atoms with van der Waals surface area (Å²) in [5, 5.41) is -3.87. The lowest BCUT2D eigenvalue weighted by Gasteiger charge is -2.07. The zero-order valence-corrected chi connectivity index (χ0v) is 19.0. The van der Waals surface area contributed by atoms with Gasteiger partial charge in [-0.05, 0) is 30.2 Å². The highest BCUT2D eigenvalue weighted by Gasteiger charge is 2.31. The van der Waals surface area contributed by atoms with E-state index < -0.39 is 73.7 Å². The zero-order chi connectivity index (χ0) is 26.8. The summed E-state index contributed by atoms with van der Waals surface area (Å²) in [7, 11) is 0. The largest absolute Gasteiger partial charge is 0.416 e. The summed E-state index contributed by atoms with van der Waals surface area (Å²) < 4.78 is 70.4. The van der Waals surface area contributed by atoms with Crippen molar-refractivity contribution in [1.29, 1.82) is 0 Å². The Bertz CT molecular complexity index is 1820. The Kier molecular flexibility index (Phi) is 5.47. The summed E-state index contributed by atoms with van der Waals surface area (Å²) in [5.41, 5.74) is -4.28. The minimum absolute atomic E-state index is 0.0901. The first kappa shape index (κ1) is 24.3. The Morgan fingerprint density at radius 1 is 0.595 bits per heavy atom. The molecule has 0 aliphatic carbocycles. The maximum absolute atomic E-state index is 15.5. The Labute approximate surface area is 203 Å². The molecule has 0 unspecified atom stereocenters. The number of rotatable bonds is 4. The lowest BCUT2D eigenvalue weighted by molar-refractivity contribution is -0.137. The van der Waals surface area contributed by atoms with E-state index >= 15 is 8.78 Å². The van der Waals surface area contributed by atoms with Gasteiger partial charge in [0.1, 0.15) is 0 Å². The van der Waals surface area contributed by atoms with Gasteiger partial charge in [-0.2, -0.15) is 13.2 Å². The Balaban J connectivity index is 1.68. The summed E-state index contributed by atoms with van der Waals surface area (Å²) in [6.07, 6.45) is -4.60. The molecule has 0 fully saturated rings. The highest BCUT2D eigenvalue weighted by molar-refractivity contribution is 5.99. The van der Waals surface area contributed by atoms with E-state index in [9.17, 15) is 32.3 Å². The first-order chi connectivity index (χ1) is 17.4. The second-order valence-corrected chi connectivity index (χ2v) is 8.70. The molecule has 5 rings (SSSR count). The minimum Gasteiger partial charge on any atom is -0.270 e. The van der Waals surface area contributed by atoms with Gasteiger partial charge in [-0.3, -0.25) is 28.3 Å². The molecule has 0 aliphatic heterocycles. The van der Waals surface area contributed by atoms with Gasteiger partial charge in [-0.1, -0.05) is 42.0 Å². The second-order valence-electron chi connectivity index (χ2n) is 8.70. The molecule has 11 heteroatoms. The van der Waals surface area contributed by atoms with Crippen molar-refractivity contribution < 1.29 is 22.0 Å². The van der Waals surface area contributed by atoms with Gasteiger partial charge in [0, 0.05) is 0 Å². The average molecular weight is 514 g/mol. The van der Waals surface area contributed by atoms with E-state index in [1.54, 1.807) is 24.3 Å². The number of alkyl halides is 3. The summed E-state index contributed by atoms with van der Waals surface area (Å²) in [5.74, 6) is -2.99. The van der Waals surface area contributed by atoms with E-state index in [1.807, 2.05) is 6.92 Å². The van der Waals surface area contributed by atoms with Gasteiger partial charge < -0.3 is 0 Å². The third-order valence-corrected chi connectivity index (χ3v) is 6.30. The third-order valence-electron chi connectivity index (χ3n) is 6.30. The monoisotopic (exact) mass is 514 g/mol. The van der Waals surface area contributed by atoms with Crippen LogP contribution in [-0.4, -0.2) is 9.13 Å². The zero-order valence-electron chi connectivity index (χ0n) is 19.0. The predicted molar refractivity (Wildman–Crippen MR) is 126 cm³/mol. The second kappa shape index (κ2) is 8.32. The van der Waals surface area contributed by atoms with Gasteiger partial charge in [0.25, 0.3) is 22.2 Å². The van der Waals surface area contributed by atoms with Crippen LogP contribution in [0, 0.1) is 18.6 Å². The number of hydrogen-bond acceptors (Lipinski definition) is 4. The lowest BCUT2D eigenvalue weighted by Crippen LogP contribution is -2.27. The van der Waals surface area contributed by atoms with Crippen LogP contribution in [0.2, 0.25) is 0 Å². The van der Waals surface area contributed by atoms with Crippen molar-refractivity contribution in [1.82, 2.24) is 9.13 Å². The van der Waals surface area contributed by atoms with Crippen LogP contribution in [0.25, 0.3) is 21.5 Å². The van der Waals surface area contributed by atoms with E-state index in [0.29, 0.717) is 14.7 Å². The highest BCUT2D eigenvalue weighted by Crippen LogP contribution is 2.29. The molecule has 2 heterocycles. The normalized spacial score (nSPS) is 12.2. The first-order valence-corrected chi connectivity index (χ1v) is 10.9. The van der Waals surface area contributed by atoms with Crippen molar-refractivity contribution in [2.45, 2.75) is 26.2 Å². The van der Waals surface area contributed by atoms with Crippen molar-refractivity contribution in [2.75, 3.05) is 0 Å². The molecular formula is C26H15F5N2O4. The summed E-state index contributed by atoms with van der Waals surface area (Å²) in [4.78, 5) is 51.7. The molecule has 0 radical (unpaired) electrons. The fourth-order valence-corrected chi connectivity index (χ4v) is 4.36. The van der Waals surface area contributed by atoms with E-state index in [4.69, 9.17) is 0 Å². The van der Waals surface area contributed by atoms with E-state index in [-0.39, 0.29) is 12.1 Å². The molecule has 0 spiro atoms. The van der Waals surface area contributed by atoms with Gasteiger partial charge in [0.05, 0.1) is 40.2 Å². The van der Waals surface area contributed by atoms with E-state index in [2.05, 4.69) is 0 Å². The number of fused-ring (bicyclic) bond motifs is 2. The van der Waals surface area contributed by atoms with Gasteiger partial charge >= 0.3 is 6.18 Å². The van der Waals surface area contributed by atoms with Crippen LogP contribution in [0.4, 0.5) is 22.0 Å². The van der Waals surface area contributed by atoms with Crippen molar-refractivity contribution in [3.05, 3.63) is 124 Å². The Morgan fingerprint density at radius 2 is 0.919 bits per heavy atom. The molecule has 0 saturated carbocycles. The molecule has 0 atom stereocenters. The van der Waals surface area contributed by atoms with E-state index in [1.165, 1.54) is 0 Å². The summed E-state index contributed by atoms with van der Waals surface area (Å²) in [6.45, 7) is 0.973. The van der Waals surface area contributed by atoms with Gasteiger partial charge in [-0.25, -0.2) is 8.78 Å². The number of nitrogens with zero attached hydrogens (tertiary/aromatic N) is 2. The highest BCUT2D eigenvalue weighted by atomic mass is 19.4. The van der Waals surface area contributed by atoms with Crippen LogP contribution in [0.3, 0.4) is 0 Å². The SMILES string of the molecule is Cc1ccc(Cn2c(=O)c3c(F)c4c(=O)n(Cc5ccc(C(F)(F)F)cc5)c(=O)c4c(F)c3c2=O)cc1. The van der Waals surface area contributed by atoms with Crippen LogP contribution in [0.5, 0.6) is 0 Å². The molecule has 5 aromatic rings. The van der Waals surface area contributed by atoms with Gasteiger partial charge in [0.15, 0.2) is 11.6 Å². The maximum Gasteiger partial charge on any atom is 0.416 e. The molecule has 0 N–H and O–H groups in total. The van der Waals surface area contributed by atoms with Crippen molar-refractivity contribution >= 4 is 21.5 Å². The first-order valence-electron chi connectivity index (χ1n) is 10.9. The molecule has 0 aliphatic rings. The fourth-order valence-electron chi connectivity index (χ4n) is 4.36. The van der Waals surface area contributed by atoms with Crippen molar-refractivity contribution in [3.63, 3.8) is 0 Å². The standard InChI is InChI=1S/C26H15F5N2O4/c1-12-2-4-13(5-3-12)10-32-22(34)16-17(23(32)35)21(28)19-18(20(16)27)24(36)33(25(19)37)11-14-6-8-15(9-7-14)26(29,30)31/h2-9H,10-11H2,1H3. The number of aryl methyl sites for hydroxylation is 1. The predicted octanol–water partition coefficient (Wildman–Crippen LogP) is 3.61. The molecule has 3 aromatic carbocycles. The molecule has 0 bridgehead atoms. The summed E-state index contributed by atoms with van der Waals surface area (Å²) >= 11 is 0. The van der Waals surface area contributed by atoms with Crippen LogP contribution in [0.15, 0.2) is 67.7 Å². The number of aromatic nitrogens is 2. The molecule has 6 nitrogen and oxygen atoms in total. The van der Waals surface area contributed by atoms with Crippen LogP contribution >= 0.6 is 0 Å². The number of halogens is 5. The maximum atomic E-state index is 15.5. The minimum atomic E-state index is -4.60. The molecule has 0 amide bonds. The fraction of sp³-hybridized carbons (Fsp3) is 0.154. The Morgan fingerprint density at radius 3 is 1.24 bits per heavy atom. The van der Waals surface area contributed by atoms with Gasteiger partial charge in [0.2, 0.25) is 0 Å². The molecule has 2 aromatic heterocycles. The molecular weight excluding hydrogens is 499 g/mol. The Hall–Kier alpha value is -4.41. The molecule has 37 heavy (non-hydrogen) atoms. The van der Waals surface area contributed by atoms with E-state index in [0.717, 1.165) is 29.8 Å². The smallest absolute Gasteiger partial charge is 0.270 e. The van der Waals surface area contributed by atoms with Crippen LogP contribution < -0.4 is 22.2 Å². The van der Waals surface area contributed by atoms with Crippen LogP contribution in [0.1, 0.15) is 22.3 Å². The topological polar surface area (TPSA) is 78.1 Å². The number of hydrogen-bond donors (Lipinski definition) is 0. The summed E-state index contributed by atoms with van der Waals surface area (Å²) in [6, 6.07) is 10.3. The quantitative estimate of drug-likeness (QED) is 0.344. The average Bonchev–Trinajstić information content (AvgIpc) is 3.24. The lowest BCUT2D eigenvalue weighted by atomic mass is 10.1. The third kappa shape index (κ3) is 3.78. The molecule has 0 saturated heterocycles. The van der Waals surface area contributed by atoms with Crippen LogP contribution in [-0.2, 0) is 19.3 Å².